The van der Waals surface area contributed by atoms with Crippen LogP contribution in [0.2, 0.25) is 0 Å². The molecule has 0 unspecified atom stereocenters. The molecule has 0 aliphatic carbocycles. The summed E-state index contributed by atoms with van der Waals surface area (Å²) < 4.78 is 1.89. The van der Waals surface area contributed by atoms with Gasteiger partial charge >= 0.3 is 0 Å². The minimum Gasteiger partial charge on any atom is -0.395 e. The van der Waals surface area contributed by atoms with Crippen molar-refractivity contribution in [1.82, 2.24) is 4.57 Å². The van der Waals surface area contributed by atoms with Crippen LogP contribution in [-0.4, -0.2) is 28.3 Å². The SMILES string of the molecule is CSc1ccc(N=c2sc(C(C)=O)c(C)n2CCO)cc1. The zero-order valence-electron chi connectivity index (χ0n) is 12.3. The third-order valence-electron chi connectivity index (χ3n) is 3.10. The molecule has 1 aromatic heterocycles. The third kappa shape index (κ3) is 3.64. The highest BCUT2D eigenvalue weighted by Crippen LogP contribution is 2.20. The number of thioether (sulfide) groups is 1. The lowest BCUT2D eigenvalue weighted by molar-refractivity contribution is 0.102. The molecule has 1 N–H and O–H groups in total. The van der Waals surface area contributed by atoms with E-state index in [0.29, 0.717) is 11.4 Å². The molecule has 0 radical (unpaired) electrons. The third-order valence-corrected chi connectivity index (χ3v) is 5.12. The van der Waals surface area contributed by atoms with Crippen LogP contribution in [0.4, 0.5) is 5.69 Å². The van der Waals surface area contributed by atoms with Gasteiger partial charge in [-0.25, -0.2) is 4.99 Å². The summed E-state index contributed by atoms with van der Waals surface area (Å²) in [7, 11) is 0. The Kier molecular flexibility index (Phi) is 5.39. The summed E-state index contributed by atoms with van der Waals surface area (Å²) in [5.74, 6) is 0.0309. The van der Waals surface area contributed by atoms with E-state index in [1.807, 2.05) is 42.0 Å². The second kappa shape index (κ2) is 7.06. The first kappa shape index (κ1) is 16.0. The zero-order valence-corrected chi connectivity index (χ0v) is 13.9. The van der Waals surface area contributed by atoms with Gasteiger partial charge in [0.2, 0.25) is 0 Å². The van der Waals surface area contributed by atoms with E-state index in [0.717, 1.165) is 16.2 Å². The first-order chi connectivity index (χ1) is 10.1. The molecule has 6 heteroatoms. The normalized spacial score (nSPS) is 11.9. The maximum Gasteiger partial charge on any atom is 0.190 e. The highest BCUT2D eigenvalue weighted by Gasteiger charge is 2.13. The average molecular weight is 322 g/mol. The van der Waals surface area contributed by atoms with Crippen LogP contribution in [0, 0.1) is 6.92 Å². The average Bonchev–Trinajstić information content (AvgIpc) is 2.78. The van der Waals surface area contributed by atoms with Crippen LogP contribution in [-0.2, 0) is 6.54 Å². The van der Waals surface area contributed by atoms with Gasteiger partial charge in [0, 0.05) is 24.1 Å². The molecule has 0 fully saturated rings. The second-order valence-electron chi connectivity index (χ2n) is 4.54. The molecule has 0 spiro atoms. The maximum absolute atomic E-state index is 11.7. The second-order valence-corrected chi connectivity index (χ2v) is 6.40. The number of thiazole rings is 1. The molecular weight excluding hydrogens is 304 g/mol. The van der Waals surface area contributed by atoms with Gasteiger partial charge in [-0.3, -0.25) is 4.79 Å². The first-order valence-electron chi connectivity index (χ1n) is 6.57. The zero-order chi connectivity index (χ0) is 15.4. The Morgan fingerprint density at radius 3 is 2.57 bits per heavy atom. The smallest absolute Gasteiger partial charge is 0.190 e. The number of aromatic nitrogens is 1. The van der Waals surface area contributed by atoms with Gasteiger partial charge < -0.3 is 9.67 Å². The predicted molar refractivity (Wildman–Crippen MR) is 87.6 cm³/mol. The van der Waals surface area contributed by atoms with Crippen LogP contribution < -0.4 is 4.80 Å². The van der Waals surface area contributed by atoms with E-state index in [2.05, 4.69) is 4.99 Å². The molecule has 112 valence electrons. The van der Waals surface area contributed by atoms with Gasteiger partial charge in [-0.15, -0.1) is 11.8 Å². The van der Waals surface area contributed by atoms with Crippen molar-refractivity contribution in [3.63, 3.8) is 0 Å². The monoisotopic (exact) mass is 322 g/mol. The lowest BCUT2D eigenvalue weighted by Crippen LogP contribution is -2.18. The van der Waals surface area contributed by atoms with Crippen molar-refractivity contribution in [1.29, 1.82) is 0 Å². The molecule has 0 saturated heterocycles. The number of carbonyl (C=O) groups is 1. The topological polar surface area (TPSA) is 54.6 Å². The van der Waals surface area contributed by atoms with E-state index in [1.165, 1.54) is 16.2 Å². The molecule has 0 bridgehead atoms. The Balaban J connectivity index is 2.52. The molecule has 1 aromatic carbocycles. The van der Waals surface area contributed by atoms with Crippen molar-refractivity contribution in [2.75, 3.05) is 12.9 Å². The van der Waals surface area contributed by atoms with Gasteiger partial charge in [0.15, 0.2) is 10.6 Å². The van der Waals surface area contributed by atoms with Crippen LogP contribution in [0.1, 0.15) is 22.3 Å². The number of carbonyl (C=O) groups excluding carboxylic acids is 1. The van der Waals surface area contributed by atoms with Gasteiger partial charge in [0.05, 0.1) is 17.2 Å². The van der Waals surface area contributed by atoms with Crippen LogP contribution in [0.15, 0.2) is 34.2 Å². The lowest BCUT2D eigenvalue weighted by Gasteiger charge is -2.03. The molecule has 2 aromatic rings. The van der Waals surface area contributed by atoms with E-state index >= 15 is 0 Å². The Hall–Kier alpha value is -1.37. The standard InChI is InChI=1S/C15H18N2O2S2/c1-10-14(11(2)19)21-15(17(10)8-9-18)16-12-4-6-13(20-3)7-5-12/h4-7,18H,8-9H2,1-3H3. The van der Waals surface area contributed by atoms with Gasteiger partial charge in [0.1, 0.15) is 0 Å². The van der Waals surface area contributed by atoms with Crippen molar-refractivity contribution in [3.05, 3.63) is 39.6 Å². The minimum absolute atomic E-state index is 0.0213. The number of rotatable bonds is 5. The van der Waals surface area contributed by atoms with E-state index in [4.69, 9.17) is 0 Å². The maximum atomic E-state index is 11.7. The van der Waals surface area contributed by atoms with E-state index in [-0.39, 0.29) is 12.4 Å². The molecule has 0 amide bonds. The molecule has 1 heterocycles. The van der Waals surface area contributed by atoms with Gasteiger partial charge in [0.25, 0.3) is 0 Å². The predicted octanol–water partition coefficient (Wildman–Crippen LogP) is 3.01. The fourth-order valence-corrected chi connectivity index (χ4v) is 3.51. The number of aliphatic hydroxyl groups is 1. The molecule has 0 aliphatic heterocycles. The summed E-state index contributed by atoms with van der Waals surface area (Å²) in [5, 5.41) is 9.21. The van der Waals surface area contributed by atoms with E-state index < -0.39 is 0 Å². The lowest BCUT2D eigenvalue weighted by atomic mass is 10.3. The van der Waals surface area contributed by atoms with E-state index in [9.17, 15) is 9.90 Å². The molecule has 0 saturated carbocycles. The summed E-state index contributed by atoms with van der Waals surface area (Å²) in [5.41, 5.74) is 1.71. The number of hydrogen-bond donors (Lipinski definition) is 1. The van der Waals surface area contributed by atoms with Gasteiger partial charge in [-0.1, -0.05) is 11.3 Å². The Labute approximate surface area is 132 Å². The molecular formula is C15H18N2O2S2. The highest BCUT2D eigenvalue weighted by atomic mass is 32.2. The molecule has 0 aliphatic rings. The number of Topliss-reactive ketones (excluding diaryl/α,β-unsaturated/α-hetero) is 1. The number of benzene rings is 1. The van der Waals surface area contributed by atoms with Crippen LogP contribution >= 0.6 is 23.1 Å². The summed E-state index contributed by atoms with van der Waals surface area (Å²) in [4.78, 5) is 18.9. The van der Waals surface area contributed by atoms with Crippen molar-refractivity contribution in [2.24, 2.45) is 4.99 Å². The Morgan fingerprint density at radius 1 is 1.38 bits per heavy atom. The molecule has 4 nitrogen and oxygen atoms in total. The number of aliphatic hydroxyl groups excluding tert-OH is 1. The van der Waals surface area contributed by atoms with Crippen LogP contribution in [0.5, 0.6) is 0 Å². The summed E-state index contributed by atoms with van der Waals surface area (Å²) in [6.07, 6.45) is 2.03. The van der Waals surface area contributed by atoms with Crippen molar-refractivity contribution in [2.45, 2.75) is 25.3 Å². The summed E-state index contributed by atoms with van der Waals surface area (Å²) in [6.45, 7) is 3.91. The van der Waals surface area contributed by atoms with Crippen LogP contribution in [0.3, 0.4) is 0 Å². The molecule has 2 rings (SSSR count). The van der Waals surface area contributed by atoms with E-state index in [1.54, 1.807) is 18.7 Å². The Morgan fingerprint density at radius 2 is 2.05 bits per heavy atom. The van der Waals surface area contributed by atoms with Gasteiger partial charge in [-0.05, 0) is 37.4 Å². The van der Waals surface area contributed by atoms with Crippen molar-refractivity contribution < 1.29 is 9.90 Å². The van der Waals surface area contributed by atoms with Gasteiger partial charge in [-0.2, -0.15) is 0 Å². The number of nitrogens with zero attached hydrogens (tertiary/aromatic N) is 2. The van der Waals surface area contributed by atoms with Crippen LogP contribution in [0.25, 0.3) is 0 Å². The highest BCUT2D eigenvalue weighted by molar-refractivity contribution is 7.98. The number of hydrogen-bond acceptors (Lipinski definition) is 5. The number of ketones is 1. The fourth-order valence-electron chi connectivity index (χ4n) is 2.03. The van der Waals surface area contributed by atoms with Crippen molar-refractivity contribution in [3.8, 4) is 0 Å². The molecule has 0 atom stereocenters. The molecule has 21 heavy (non-hydrogen) atoms. The summed E-state index contributed by atoms with van der Waals surface area (Å²) >= 11 is 3.05. The van der Waals surface area contributed by atoms with Crippen molar-refractivity contribution >= 4 is 34.6 Å². The largest absolute Gasteiger partial charge is 0.395 e. The first-order valence-corrected chi connectivity index (χ1v) is 8.61. The Bertz CT molecular complexity index is 699. The summed E-state index contributed by atoms with van der Waals surface area (Å²) in [6, 6.07) is 7.95. The fraction of sp³-hybridized carbons (Fsp3) is 0.333. The quantitative estimate of drug-likeness (QED) is 0.680. The minimum atomic E-state index is 0.0213.